The third-order valence-corrected chi connectivity index (χ3v) is 5.21. The van der Waals surface area contributed by atoms with Crippen LogP contribution in [0, 0.1) is 5.41 Å². The molecule has 1 heterocycles. The van der Waals surface area contributed by atoms with E-state index in [1.165, 1.54) is 0 Å². The van der Waals surface area contributed by atoms with Crippen LogP contribution in [0.25, 0.3) is 0 Å². The number of nitrogens with two attached hydrogens (primary N) is 1. The van der Waals surface area contributed by atoms with Crippen molar-refractivity contribution < 1.29 is 14.3 Å². The minimum Gasteiger partial charge on any atom is -0.380 e. The van der Waals surface area contributed by atoms with Gasteiger partial charge in [-0.2, -0.15) is 0 Å². The highest BCUT2D eigenvalue weighted by Crippen LogP contribution is 2.50. The third kappa shape index (κ3) is 2.36. The van der Waals surface area contributed by atoms with Gasteiger partial charge in [0, 0.05) is 38.6 Å². The summed E-state index contributed by atoms with van der Waals surface area (Å²) < 4.78 is 11.1. The van der Waals surface area contributed by atoms with Crippen LogP contribution in [0.2, 0.25) is 0 Å². The van der Waals surface area contributed by atoms with Crippen molar-refractivity contribution in [2.75, 3.05) is 26.8 Å². The highest BCUT2D eigenvalue weighted by atomic mass is 16.5. The van der Waals surface area contributed by atoms with Gasteiger partial charge >= 0.3 is 0 Å². The van der Waals surface area contributed by atoms with E-state index in [4.69, 9.17) is 15.2 Å². The van der Waals surface area contributed by atoms with Crippen LogP contribution in [0.4, 0.5) is 0 Å². The van der Waals surface area contributed by atoms with E-state index in [0.29, 0.717) is 19.6 Å². The van der Waals surface area contributed by atoms with Gasteiger partial charge in [0.25, 0.3) is 0 Å². The lowest BCUT2D eigenvalue weighted by atomic mass is 9.54. The van der Waals surface area contributed by atoms with Gasteiger partial charge in [-0.15, -0.1) is 0 Å². The van der Waals surface area contributed by atoms with Crippen LogP contribution >= 0.6 is 0 Å². The third-order valence-electron chi connectivity index (χ3n) is 5.21. The van der Waals surface area contributed by atoms with Gasteiger partial charge in [0.2, 0.25) is 5.91 Å². The van der Waals surface area contributed by atoms with Crippen LogP contribution in [0.3, 0.4) is 0 Å². The Morgan fingerprint density at radius 2 is 2.15 bits per heavy atom. The van der Waals surface area contributed by atoms with Gasteiger partial charge in [-0.05, 0) is 19.8 Å². The van der Waals surface area contributed by atoms with Crippen LogP contribution < -0.4 is 5.73 Å². The van der Waals surface area contributed by atoms with Crippen LogP contribution in [0.5, 0.6) is 0 Å². The summed E-state index contributed by atoms with van der Waals surface area (Å²) in [6.45, 7) is 8.14. The molecule has 0 aromatic heterocycles. The van der Waals surface area contributed by atoms with Gasteiger partial charge in [0.05, 0.1) is 12.2 Å². The fourth-order valence-corrected chi connectivity index (χ4v) is 3.40. The maximum Gasteiger partial charge on any atom is 0.243 e. The van der Waals surface area contributed by atoms with Crippen LogP contribution in [0.1, 0.15) is 40.0 Å². The Hall–Kier alpha value is -0.650. The Morgan fingerprint density at radius 1 is 1.45 bits per heavy atom. The van der Waals surface area contributed by atoms with Gasteiger partial charge in [-0.25, -0.2) is 0 Å². The number of nitrogens with zero attached hydrogens (tertiary/aromatic N) is 1. The predicted molar refractivity (Wildman–Crippen MR) is 77.3 cm³/mol. The summed E-state index contributed by atoms with van der Waals surface area (Å²) in [5.74, 6) is 0.0557. The van der Waals surface area contributed by atoms with Crippen molar-refractivity contribution in [3.05, 3.63) is 0 Å². The molecular weight excluding hydrogens is 256 g/mol. The second-order valence-corrected chi connectivity index (χ2v) is 6.59. The van der Waals surface area contributed by atoms with Crippen molar-refractivity contribution in [2.45, 2.75) is 57.8 Å². The first-order valence-electron chi connectivity index (χ1n) is 7.59. The average molecular weight is 284 g/mol. The van der Waals surface area contributed by atoms with E-state index in [-0.39, 0.29) is 23.5 Å². The predicted octanol–water partition coefficient (Wildman–Crippen LogP) is 1.16. The lowest BCUT2D eigenvalue weighted by Gasteiger charge is -2.59. The van der Waals surface area contributed by atoms with Crippen molar-refractivity contribution >= 4 is 5.91 Å². The lowest BCUT2D eigenvalue weighted by Crippen LogP contribution is -2.76. The molecule has 0 aromatic carbocycles. The number of hydrogen-bond acceptors (Lipinski definition) is 4. The molecule has 5 heteroatoms. The molecule has 2 aliphatic rings. The number of piperidine rings is 1. The van der Waals surface area contributed by atoms with Crippen molar-refractivity contribution in [1.29, 1.82) is 0 Å². The van der Waals surface area contributed by atoms with Crippen molar-refractivity contribution in [3.63, 3.8) is 0 Å². The summed E-state index contributed by atoms with van der Waals surface area (Å²) in [6, 6.07) is 0. The van der Waals surface area contributed by atoms with Gasteiger partial charge in [-0.3, -0.25) is 4.79 Å². The van der Waals surface area contributed by atoms with E-state index in [2.05, 4.69) is 0 Å². The molecule has 3 unspecified atom stereocenters. The fourth-order valence-electron chi connectivity index (χ4n) is 3.40. The van der Waals surface area contributed by atoms with Crippen molar-refractivity contribution in [2.24, 2.45) is 11.1 Å². The van der Waals surface area contributed by atoms with Gasteiger partial charge in [-0.1, -0.05) is 13.8 Å². The largest absolute Gasteiger partial charge is 0.380 e. The number of amides is 1. The molecule has 5 nitrogen and oxygen atoms in total. The molecule has 2 rings (SSSR count). The average Bonchev–Trinajstić information content (AvgIpc) is 2.46. The van der Waals surface area contributed by atoms with E-state index >= 15 is 0 Å². The van der Waals surface area contributed by atoms with E-state index in [0.717, 1.165) is 19.4 Å². The van der Waals surface area contributed by atoms with Crippen LogP contribution in [-0.2, 0) is 14.3 Å². The maximum absolute atomic E-state index is 12.8. The highest BCUT2D eigenvalue weighted by molar-refractivity contribution is 5.89. The first kappa shape index (κ1) is 15.7. The molecule has 1 aliphatic carbocycles. The Bertz CT molecular complexity index is 372. The maximum atomic E-state index is 12.8. The molecule has 1 saturated heterocycles. The summed E-state index contributed by atoms with van der Waals surface area (Å²) in [7, 11) is 1.70. The first-order chi connectivity index (χ1) is 9.36. The first-order valence-corrected chi connectivity index (χ1v) is 7.59. The van der Waals surface area contributed by atoms with Gasteiger partial charge in [0.1, 0.15) is 5.54 Å². The quantitative estimate of drug-likeness (QED) is 0.841. The Kier molecular flexibility index (Phi) is 4.42. The van der Waals surface area contributed by atoms with Crippen molar-refractivity contribution in [1.82, 2.24) is 4.90 Å². The van der Waals surface area contributed by atoms with E-state index in [9.17, 15) is 4.79 Å². The van der Waals surface area contributed by atoms with E-state index < -0.39 is 5.54 Å². The topological polar surface area (TPSA) is 64.8 Å². The Morgan fingerprint density at radius 3 is 2.70 bits per heavy atom. The molecule has 0 aromatic rings. The number of hydrogen-bond donors (Lipinski definition) is 1. The lowest BCUT2D eigenvalue weighted by molar-refractivity contribution is -0.181. The standard InChI is InChI=1S/C15H28N2O3/c1-5-20-12-9-15(16,14(12,2)3)13(18)17-8-6-7-11(10-17)19-4/h11-12H,5-10,16H2,1-4H3. The normalized spacial score (nSPS) is 36.5. The number of rotatable bonds is 4. The van der Waals surface area contributed by atoms with Gasteiger partial charge < -0.3 is 20.1 Å². The van der Waals surface area contributed by atoms with E-state index in [1.807, 2.05) is 25.7 Å². The molecule has 116 valence electrons. The summed E-state index contributed by atoms with van der Waals surface area (Å²) in [4.78, 5) is 14.7. The second-order valence-electron chi connectivity index (χ2n) is 6.59. The van der Waals surface area contributed by atoms with Crippen LogP contribution in [0.15, 0.2) is 0 Å². The molecule has 0 radical (unpaired) electrons. The smallest absolute Gasteiger partial charge is 0.243 e. The zero-order valence-electron chi connectivity index (χ0n) is 13.1. The Labute approximate surface area is 121 Å². The number of ether oxygens (including phenoxy) is 2. The van der Waals surface area contributed by atoms with Crippen molar-refractivity contribution in [3.8, 4) is 0 Å². The number of methoxy groups -OCH3 is 1. The minimum absolute atomic E-state index is 0.0557. The molecular formula is C15H28N2O3. The highest BCUT2D eigenvalue weighted by Gasteiger charge is 2.63. The molecule has 2 fully saturated rings. The molecule has 0 bridgehead atoms. The molecule has 0 spiro atoms. The summed E-state index contributed by atoms with van der Waals surface area (Å²) >= 11 is 0. The van der Waals surface area contributed by atoms with Crippen LogP contribution in [-0.4, -0.2) is 55.4 Å². The summed E-state index contributed by atoms with van der Waals surface area (Å²) in [5, 5.41) is 0. The molecule has 1 aliphatic heterocycles. The molecule has 1 saturated carbocycles. The molecule has 3 atom stereocenters. The number of carbonyl (C=O) groups is 1. The summed E-state index contributed by atoms with van der Waals surface area (Å²) in [6.07, 6.45) is 2.82. The number of carbonyl (C=O) groups excluding carboxylic acids is 1. The zero-order chi connectivity index (χ0) is 15.0. The minimum atomic E-state index is -0.803. The van der Waals surface area contributed by atoms with E-state index in [1.54, 1.807) is 7.11 Å². The summed E-state index contributed by atoms with van der Waals surface area (Å²) in [5.41, 5.74) is 5.33. The zero-order valence-corrected chi connectivity index (χ0v) is 13.1. The molecule has 2 N–H and O–H groups in total. The number of likely N-dealkylation sites (tertiary alicyclic amines) is 1. The Balaban J connectivity index is 2.05. The molecule has 20 heavy (non-hydrogen) atoms. The monoisotopic (exact) mass is 284 g/mol. The SMILES string of the molecule is CCOC1CC(N)(C(=O)N2CCCC(OC)C2)C1(C)C. The molecule has 1 amide bonds. The fraction of sp³-hybridized carbons (Fsp3) is 0.933. The second kappa shape index (κ2) is 5.62. The van der Waals surface area contributed by atoms with Gasteiger partial charge in [0.15, 0.2) is 0 Å².